The van der Waals surface area contributed by atoms with Gasteiger partial charge in [0, 0.05) is 44.2 Å². The van der Waals surface area contributed by atoms with Crippen LogP contribution < -0.4 is 10.6 Å². The normalized spacial score (nSPS) is 14.3. The number of pyridine rings is 1. The third kappa shape index (κ3) is 8.73. The lowest BCUT2D eigenvalue weighted by molar-refractivity contribution is -0.138. The molecule has 0 fully saturated rings. The Labute approximate surface area is 231 Å². The number of benzene rings is 1. The summed E-state index contributed by atoms with van der Waals surface area (Å²) in [6, 6.07) is 14.9. The van der Waals surface area contributed by atoms with Crippen molar-refractivity contribution in [1.29, 1.82) is 0 Å². The zero-order valence-corrected chi connectivity index (χ0v) is 23.0. The Balaban J connectivity index is 1.30. The lowest BCUT2D eigenvalue weighted by Gasteiger charge is -2.27. The molecule has 2 atom stereocenters. The van der Waals surface area contributed by atoms with Crippen LogP contribution in [-0.2, 0) is 22.4 Å². The van der Waals surface area contributed by atoms with Gasteiger partial charge >= 0.3 is 5.97 Å². The van der Waals surface area contributed by atoms with E-state index in [4.69, 9.17) is 9.72 Å². The zero-order valence-electron chi connectivity index (χ0n) is 23.0. The first-order valence-electron chi connectivity index (χ1n) is 13.9. The van der Waals surface area contributed by atoms with Gasteiger partial charge in [0.15, 0.2) is 5.82 Å². The number of ether oxygens (including phenoxy) is 1. The van der Waals surface area contributed by atoms with Gasteiger partial charge in [-0.1, -0.05) is 36.4 Å². The molecule has 4 rings (SSSR count). The molecule has 9 heteroatoms. The number of aryl methyl sites for hydroxylation is 2. The van der Waals surface area contributed by atoms with Crippen LogP contribution >= 0.6 is 0 Å². The second-order valence-corrected chi connectivity index (χ2v) is 10.1. The van der Waals surface area contributed by atoms with Crippen LogP contribution in [0, 0.1) is 0 Å². The standard InChI is InChI=1S/C30H40N6O3/c1-22(39-2)21-36(19-7-6-12-25-14-13-24-11-8-17-31-28(24)33-25)20-16-26(30(37)38)34-27-15-18-32-29(35-27)23-9-4-3-5-10-23/h3-5,9-10,13-15,18,22,26H,6-8,11-12,16-17,19-21H2,1-2H3,(H,31,33)(H,37,38)(H,32,34,35). The first kappa shape index (κ1) is 28.4. The number of nitrogens with one attached hydrogen (secondary N) is 2. The summed E-state index contributed by atoms with van der Waals surface area (Å²) < 4.78 is 5.51. The van der Waals surface area contributed by atoms with Gasteiger partial charge < -0.3 is 25.4 Å². The molecule has 208 valence electrons. The Morgan fingerprint density at radius 2 is 1.97 bits per heavy atom. The molecule has 0 saturated heterocycles. The van der Waals surface area contributed by atoms with E-state index in [-0.39, 0.29) is 6.10 Å². The molecule has 0 saturated carbocycles. The highest BCUT2D eigenvalue weighted by Crippen LogP contribution is 2.21. The molecule has 1 aromatic carbocycles. The van der Waals surface area contributed by atoms with Crippen molar-refractivity contribution in [2.75, 3.05) is 43.9 Å². The number of nitrogens with zero attached hydrogens (tertiary/aromatic N) is 4. The molecule has 1 aliphatic heterocycles. The smallest absolute Gasteiger partial charge is 0.326 e. The highest BCUT2D eigenvalue weighted by Gasteiger charge is 2.20. The summed E-state index contributed by atoms with van der Waals surface area (Å²) in [4.78, 5) is 28.1. The number of carbonyl (C=O) groups is 1. The highest BCUT2D eigenvalue weighted by atomic mass is 16.5. The second-order valence-electron chi connectivity index (χ2n) is 10.1. The maximum Gasteiger partial charge on any atom is 0.326 e. The van der Waals surface area contributed by atoms with Gasteiger partial charge in [0.2, 0.25) is 0 Å². The SMILES string of the molecule is COC(C)CN(CCCCc1ccc2c(n1)NCCC2)CCC(Nc1ccnc(-c2ccccc2)n1)C(=O)O. The fourth-order valence-electron chi connectivity index (χ4n) is 4.80. The van der Waals surface area contributed by atoms with Gasteiger partial charge in [-0.05, 0) is 69.7 Å². The molecule has 0 aliphatic carbocycles. The summed E-state index contributed by atoms with van der Waals surface area (Å²) >= 11 is 0. The molecule has 1 aliphatic rings. The number of rotatable bonds is 15. The number of anilines is 2. The summed E-state index contributed by atoms with van der Waals surface area (Å²) in [5, 5.41) is 16.4. The lowest BCUT2D eigenvalue weighted by Crippen LogP contribution is -2.38. The fourth-order valence-corrected chi connectivity index (χ4v) is 4.80. The van der Waals surface area contributed by atoms with Crippen molar-refractivity contribution in [3.63, 3.8) is 0 Å². The van der Waals surface area contributed by atoms with Gasteiger partial charge in [0.1, 0.15) is 17.7 Å². The second kappa shape index (κ2) is 14.6. The van der Waals surface area contributed by atoms with Crippen molar-refractivity contribution in [2.45, 2.75) is 57.6 Å². The van der Waals surface area contributed by atoms with Crippen LogP contribution in [0.15, 0.2) is 54.7 Å². The van der Waals surface area contributed by atoms with Gasteiger partial charge in [-0.3, -0.25) is 0 Å². The van der Waals surface area contributed by atoms with Crippen LogP contribution in [0.2, 0.25) is 0 Å². The van der Waals surface area contributed by atoms with Gasteiger partial charge in [-0.2, -0.15) is 0 Å². The summed E-state index contributed by atoms with van der Waals surface area (Å²) in [6.45, 7) is 5.28. The molecule has 0 amide bonds. The van der Waals surface area contributed by atoms with E-state index in [1.54, 1.807) is 19.4 Å². The van der Waals surface area contributed by atoms with E-state index in [1.165, 1.54) is 5.56 Å². The van der Waals surface area contributed by atoms with Crippen molar-refractivity contribution < 1.29 is 14.6 Å². The number of carboxylic acid groups (broad SMARTS) is 1. The van der Waals surface area contributed by atoms with Crippen molar-refractivity contribution in [1.82, 2.24) is 19.9 Å². The average molecular weight is 533 g/mol. The van der Waals surface area contributed by atoms with Gasteiger partial charge in [0.25, 0.3) is 0 Å². The molecule has 3 N–H and O–H groups in total. The highest BCUT2D eigenvalue weighted by molar-refractivity contribution is 5.77. The number of aromatic nitrogens is 3. The molecule has 9 nitrogen and oxygen atoms in total. The molecule has 0 radical (unpaired) electrons. The molecular weight excluding hydrogens is 492 g/mol. The third-order valence-electron chi connectivity index (χ3n) is 7.07. The molecule has 2 unspecified atom stereocenters. The topological polar surface area (TPSA) is 113 Å². The predicted molar refractivity (Wildman–Crippen MR) is 154 cm³/mol. The maximum absolute atomic E-state index is 12.1. The van der Waals surface area contributed by atoms with Crippen LogP contribution in [0.4, 0.5) is 11.6 Å². The van der Waals surface area contributed by atoms with E-state index < -0.39 is 12.0 Å². The van der Waals surface area contributed by atoms with Crippen LogP contribution in [0.5, 0.6) is 0 Å². The Bertz CT molecular complexity index is 1190. The molecule has 0 bridgehead atoms. The number of unbranched alkanes of at least 4 members (excludes halogenated alkanes) is 1. The Kier molecular flexibility index (Phi) is 10.6. The predicted octanol–water partition coefficient (Wildman–Crippen LogP) is 4.51. The van der Waals surface area contributed by atoms with Crippen molar-refractivity contribution in [3.05, 3.63) is 66.0 Å². The summed E-state index contributed by atoms with van der Waals surface area (Å²) in [5.74, 6) is 1.20. The van der Waals surface area contributed by atoms with E-state index in [2.05, 4.69) is 37.6 Å². The molecule has 2 aromatic heterocycles. The minimum absolute atomic E-state index is 0.0601. The summed E-state index contributed by atoms with van der Waals surface area (Å²) in [5.41, 5.74) is 3.31. The Morgan fingerprint density at radius 1 is 1.13 bits per heavy atom. The number of aliphatic carboxylic acids is 1. The summed E-state index contributed by atoms with van der Waals surface area (Å²) in [7, 11) is 1.71. The van der Waals surface area contributed by atoms with E-state index >= 15 is 0 Å². The van der Waals surface area contributed by atoms with Gasteiger partial charge in [0.05, 0.1) is 6.10 Å². The van der Waals surface area contributed by atoms with Crippen LogP contribution in [0.3, 0.4) is 0 Å². The Hall–Kier alpha value is -3.56. The number of hydrogen-bond donors (Lipinski definition) is 3. The molecule has 0 spiro atoms. The first-order chi connectivity index (χ1) is 19.0. The Morgan fingerprint density at radius 3 is 2.77 bits per heavy atom. The minimum Gasteiger partial charge on any atom is -0.480 e. The van der Waals surface area contributed by atoms with E-state index in [9.17, 15) is 9.90 Å². The molecular formula is C30H40N6O3. The van der Waals surface area contributed by atoms with E-state index in [1.807, 2.05) is 37.3 Å². The third-order valence-corrected chi connectivity index (χ3v) is 7.07. The van der Waals surface area contributed by atoms with Crippen LogP contribution in [0.25, 0.3) is 11.4 Å². The van der Waals surface area contributed by atoms with Crippen molar-refractivity contribution >= 4 is 17.6 Å². The quantitative estimate of drug-likeness (QED) is 0.243. The number of carboxylic acids is 1. The number of hydrogen-bond acceptors (Lipinski definition) is 8. The average Bonchev–Trinajstić information content (AvgIpc) is 2.97. The lowest BCUT2D eigenvalue weighted by atomic mass is 10.1. The van der Waals surface area contributed by atoms with Crippen LogP contribution in [0.1, 0.15) is 43.9 Å². The molecule has 3 heterocycles. The number of methoxy groups -OCH3 is 1. The largest absolute Gasteiger partial charge is 0.480 e. The maximum atomic E-state index is 12.1. The van der Waals surface area contributed by atoms with Crippen LogP contribution in [-0.4, -0.2) is 76.4 Å². The minimum atomic E-state index is -0.901. The molecule has 3 aromatic rings. The zero-order chi connectivity index (χ0) is 27.5. The van der Waals surface area contributed by atoms with Crippen molar-refractivity contribution in [2.24, 2.45) is 0 Å². The van der Waals surface area contributed by atoms with Gasteiger partial charge in [-0.15, -0.1) is 0 Å². The van der Waals surface area contributed by atoms with Gasteiger partial charge in [-0.25, -0.2) is 19.7 Å². The van der Waals surface area contributed by atoms with E-state index in [0.717, 1.165) is 68.8 Å². The van der Waals surface area contributed by atoms with Crippen molar-refractivity contribution in [3.8, 4) is 11.4 Å². The number of fused-ring (bicyclic) bond motifs is 1. The molecule has 39 heavy (non-hydrogen) atoms. The van der Waals surface area contributed by atoms with E-state index in [0.29, 0.717) is 24.6 Å². The monoisotopic (exact) mass is 532 g/mol. The summed E-state index contributed by atoms with van der Waals surface area (Å²) in [6.07, 6.45) is 7.36. The first-order valence-corrected chi connectivity index (χ1v) is 13.9. The fraction of sp³-hybridized carbons (Fsp3) is 0.467.